The molecule has 2 heterocycles. The molecule has 0 aliphatic carbocycles. The van der Waals surface area contributed by atoms with Gasteiger partial charge in [-0.15, -0.1) is 0 Å². The lowest BCUT2D eigenvalue weighted by Gasteiger charge is -2.42. The van der Waals surface area contributed by atoms with E-state index in [0.29, 0.717) is 19.6 Å². The van der Waals surface area contributed by atoms with E-state index in [1.165, 1.54) is 6.07 Å². The van der Waals surface area contributed by atoms with Crippen LogP contribution < -0.4 is 10.1 Å². The van der Waals surface area contributed by atoms with E-state index in [1.807, 2.05) is 13.8 Å². The first-order valence-corrected chi connectivity index (χ1v) is 8.68. The molecule has 1 aromatic carbocycles. The number of hydrogen-bond donors (Lipinski definition) is 1. The van der Waals surface area contributed by atoms with Gasteiger partial charge in [0.05, 0.1) is 25.6 Å². The van der Waals surface area contributed by atoms with Gasteiger partial charge in [0.15, 0.2) is 11.6 Å². The number of carbonyl (C=O) groups excluding carboxylic acids is 2. The summed E-state index contributed by atoms with van der Waals surface area (Å²) in [6.45, 7) is 6.26. The van der Waals surface area contributed by atoms with Crippen molar-refractivity contribution in [1.82, 2.24) is 15.1 Å². The van der Waals surface area contributed by atoms with Crippen molar-refractivity contribution in [2.75, 3.05) is 26.2 Å². The summed E-state index contributed by atoms with van der Waals surface area (Å²) in [5.74, 6) is -0.356. The van der Waals surface area contributed by atoms with E-state index in [2.05, 4.69) is 10.2 Å². The normalized spacial score (nSPS) is 21.8. The number of rotatable bonds is 5. The minimum absolute atomic E-state index is 0.0684. The van der Waals surface area contributed by atoms with Crippen LogP contribution in [0.2, 0.25) is 0 Å². The van der Waals surface area contributed by atoms with E-state index in [4.69, 9.17) is 4.74 Å². The van der Waals surface area contributed by atoms with Crippen LogP contribution in [0, 0.1) is 5.82 Å². The predicted molar refractivity (Wildman–Crippen MR) is 90.7 cm³/mol. The highest BCUT2D eigenvalue weighted by molar-refractivity contribution is 5.89. The first-order valence-electron chi connectivity index (χ1n) is 8.68. The summed E-state index contributed by atoms with van der Waals surface area (Å²) in [7, 11) is 0. The molecule has 136 valence electrons. The molecule has 25 heavy (non-hydrogen) atoms. The van der Waals surface area contributed by atoms with Crippen molar-refractivity contribution in [3.05, 3.63) is 30.1 Å². The van der Waals surface area contributed by atoms with Crippen molar-refractivity contribution in [1.29, 1.82) is 0 Å². The average molecular weight is 349 g/mol. The molecular formula is C18H24FN3O3. The number of benzene rings is 1. The van der Waals surface area contributed by atoms with Crippen LogP contribution in [0.15, 0.2) is 24.3 Å². The van der Waals surface area contributed by atoms with Gasteiger partial charge in [0.1, 0.15) is 6.10 Å². The summed E-state index contributed by atoms with van der Waals surface area (Å²) >= 11 is 0. The third-order valence-electron chi connectivity index (χ3n) is 4.73. The Morgan fingerprint density at radius 2 is 2.08 bits per heavy atom. The maximum atomic E-state index is 13.6. The lowest BCUT2D eigenvalue weighted by atomic mass is 10.0. The van der Waals surface area contributed by atoms with Gasteiger partial charge in [-0.25, -0.2) is 4.39 Å². The fourth-order valence-electron chi connectivity index (χ4n) is 3.29. The highest BCUT2D eigenvalue weighted by atomic mass is 19.1. The quantitative estimate of drug-likeness (QED) is 0.862. The molecule has 2 aliphatic heterocycles. The van der Waals surface area contributed by atoms with Crippen LogP contribution in [0.25, 0.3) is 0 Å². The van der Waals surface area contributed by atoms with E-state index in [-0.39, 0.29) is 36.1 Å². The number of ether oxygens (including phenoxy) is 1. The van der Waals surface area contributed by atoms with Gasteiger partial charge in [0.2, 0.25) is 11.8 Å². The zero-order valence-corrected chi connectivity index (χ0v) is 14.6. The van der Waals surface area contributed by atoms with Gasteiger partial charge in [-0.2, -0.15) is 0 Å². The molecule has 0 aromatic heterocycles. The van der Waals surface area contributed by atoms with Crippen LogP contribution in [0.5, 0.6) is 5.75 Å². The second kappa shape index (κ2) is 7.39. The maximum absolute atomic E-state index is 13.6. The van der Waals surface area contributed by atoms with E-state index < -0.39 is 11.9 Å². The molecule has 0 radical (unpaired) electrons. The van der Waals surface area contributed by atoms with Crippen molar-refractivity contribution in [3.63, 3.8) is 0 Å². The molecule has 0 bridgehead atoms. The molecule has 0 saturated carbocycles. The fraction of sp³-hybridized carbons (Fsp3) is 0.556. The van der Waals surface area contributed by atoms with Crippen molar-refractivity contribution in [2.45, 2.75) is 38.5 Å². The van der Waals surface area contributed by atoms with E-state index in [1.54, 1.807) is 23.1 Å². The van der Waals surface area contributed by atoms with Crippen molar-refractivity contribution < 1.29 is 18.7 Å². The molecule has 1 atom stereocenters. The number of carbonyl (C=O) groups is 2. The van der Waals surface area contributed by atoms with Gasteiger partial charge in [-0.3, -0.25) is 14.5 Å². The lowest BCUT2D eigenvalue weighted by molar-refractivity contribution is -0.145. The first kappa shape index (κ1) is 17.7. The Hall–Kier alpha value is -2.15. The number of hydrogen-bond acceptors (Lipinski definition) is 4. The average Bonchev–Trinajstić information content (AvgIpc) is 2.53. The molecule has 2 saturated heterocycles. The van der Waals surface area contributed by atoms with Crippen LogP contribution in [-0.4, -0.2) is 66.0 Å². The Labute approximate surface area is 146 Å². The Bertz CT molecular complexity index is 646. The molecular weight excluding hydrogens is 325 g/mol. The maximum Gasteiger partial charge on any atom is 0.237 e. The second-order valence-corrected chi connectivity index (χ2v) is 6.81. The zero-order valence-electron chi connectivity index (χ0n) is 14.6. The number of nitrogens with zero attached hydrogens (tertiary/aromatic N) is 2. The summed E-state index contributed by atoms with van der Waals surface area (Å²) in [5.41, 5.74) is 0. The number of likely N-dealkylation sites (tertiary alicyclic amines) is 1. The molecule has 2 amide bonds. The van der Waals surface area contributed by atoms with Gasteiger partial charge in [0.25, 0.3) is 0 Å². The van der Waals surface area contributed by atoms with Crippen LogP contribution in [0.4, 0.5) is 4.39 Å². The summed E-state index contributed by atoms with van der Waals surface area (Å²) in [6, 6.07) is 6.02. The molecule has 3 rings (SSSR count). The number of amides is 2. The minimum Gasteiger partial charge on any atom is -0.484 e. The second-order valence-electron chi connectivity index (χ2n) is 6.81. The SMILES string of the molecule is CC(C)N1CCNC(=O)[C@H]1CC(=O)N1CC(Oc2ccccc2F)C1. The zero-order chi connectivity index (χ0) is 18.0. The van der Waals surface area contributed by atoms with Crippen LogP contribution in [-0.2, 0) is 9.59 Å². The largest absolute Gasteiger partial charge is 0.484 e. The van der Waals surface area contributed by atoms with Crippen molar-refractivity contribution in [3.8, 4) is 5.75 Å². The molecule has 1 N–H and O–H groups in total. The molecule has 6 nitrogen and oxygen atoms in total. The van der Waals surface area contributed by atoms with Gasteiger partial charge >= 0.3 is 0 Å². The van der Waals surface area contributed by atoms with Gasteiger partial charge < -0.3 is 15.0 Å². The highest BCUT2D eigenvalue weighted by Crippen LogP contribution is 2.22. The number of para-hydroxylation sites is 1. The standard InChI is InChI=1S/C18H24FN3O3/c1-12(2)22-8-7-20-18(24)15(22)9-17(23)21-10-13(11-21)25-16-6-4-3-5-14(16)19/h3-6,12-13,15H,7-11H2,1-2H3,(H,20,24)/t15-/m1/s1. The summed E-state index contributed by atoms with van der Waals surface area (Å²) < 4.78 is 19.2. The smallest absolute Gasteiger partial charge is 0.237 e. The fourth-order valence-corrected chi connectivity index (χ4v) is 3.29. The first-order chi connectivity index (χ1) is 12.0. The number of nitrogens with one attached hydrogen (secondary N) is 1. The number of halogens is 1. The van der Waals surface area contributed by atoms with Crippen molar-refractivity contribution >= 4 is 11.8 Å². The Balaban J connectivity index is 1.51. The molecule has 2 aliphatic rings. The van der Waals surface area contributed by atoms with Gasteiger partial charge in [-0.1, -0.05) is 12.1 Å². The lowest BCUT2D eigenvalue weighted by Crippen LogP contribution is -2.61. The Morgan fingerprint density at radius 3 is 2.76 bits per heavy atom. The monoisotopic (exact) mass is 349 g/mol. The van der Waals surface area contributed by atoms with Gasteiger partial charge in [0, 0.05) is 19.1 Å². The summed E-state index contributed by atoms with van der Waals surface area (Å²) in [4.78, 5) is 28.3. The molecule has 1 aromatic rings. The number of piperazine rings is 1. The third kappa shape index (κ3) is 3.92. The Morgan fingerprint density at radius 1 is 1.36 bits per heavy atom. The third-order valence-corrected chi connectivity index (χ3v) is 4.73. The molecule has 2 fully saturated rings. The van der Waals surface area contributed by atoms with Crippen LogP contribution >= 0.6 is 0 Å². The summed E-state index contributed by atoms with van der Waals surface area (Å²) in [5, 5.41) is 2.83. The van der Waals surface area contributed by atoms with Crippen LogP contribution in [0.1, 0.15) is 20.3 Å². The van der Waals surface area contributed by atoms with Gasteiger partial charge in [-0.05, 0) is 26.0 Å². The van der Waals surface area contributed by atoms with Crippen molar-refractivity contribution in [2.24, 2.45) is 0 Å². The van der Waals surface area contributed by atoms with Crippen LogP contribution in [0.3, 0.4) is 0 Å². The topological polar surface area (TPSA) is 61.9 Å². The Kier molecular flexibility index (Phi) is 5.22. The molecule has 0 spiro atoms. The summed E-state index contributed by atoms with van der Waals surface area (Å²) in [6.07, 6.45) is -0.0431. The molecule has 0 unspecified atom stereocenters. The highest BCUT2D eigenvalue weighted by Gasteiger charge is 2.38. The minimum atomic E-state index is -0.423. The van der Waals surface area contributed by atoms with E-state index in [9.17, 15) is 14.0 Å². The molecule has 7 heteroatoms. The van der Waals surface area contributed by atoms with E-state index >= 15 is 0 Å². The predicted octanol–water partition coefficient (Wildman–Crippen LogP) is 1.01. The van der Waals surface area contributed by atoms with E-state index in [0.717, 1.165) is 6.54 Å².